The van der Waals surface area contributed by atoms with Crippen molar-refractivity contribution in [3.63, 3.8) is 0 Å². The Balaban J connectivity index is 3.14. The number of aldehydes is 1. The van der Waals surface area contributed by atoms with Crippen molar-refractivity contribution in [1.29, 1.82) is 5.53 Å². The molecule has 0 aliphatic heterocycles. The maximum atomic E-state index is 9.87. The minimum absolute atomic E-state index is 0.377. The van der Waals surface area contributed by atoms with Gasteiger partial charge < -0.3 is 9.90 Å². The van der Waals surface area contributed by atoms with Crippen LogP contribution in [0, 0.1) is 5.53 Å². The lowest BCUT2D eigenvalue weighted by Crippen LogP contribution is -2.07. The first-order valence-corrected chi connectivity index (χ1v) is 3.76. The summed E-state index contributed by atoms with van der Waals surface area (Å²) in [6.07, 6.45) is 2.85. The van der Waals surface area contributed by atoms with Crippen LogP contribution in [0.4, 0.5) is 0 Å². The summed E-state index contributed by atoms with van der Waals surface area (Å²) in [6, 6.07) is 0. The predicted molar refractivity (Wildman–Crippen MR) is 40.6 cm³/mol. The lowest BCUT2D eigenvalue weighted by Gasteiger charge is -2.05. The quantitative estimate of drug-likeness (QED) is 0.331. The summed E-state index contributed by atoms with van der Waals surface area (Å²) in [5.74, 6) is 0. The molecule has 0 aromatic rings. The summed E-state index contributed by atoms with van der Waals surface area (Å²) >= 11 is 0. The molecule has 0 aliphatic rings. The first-order valence-electron chi connectivity index (χ1n) is 3.76. The average Bonchev–Trinajstić information content (AvgIpc) is 2.01. The molecule has 2 N–H and O–H groups in total. The highest BCUT2D eigenvalue weighted by Crippen LogP contribution is 2.02. The Labute approximate surface area is 66.1 Å². The van der Waals surface area contributed by atoms with Crippen LogP contribution in [0.25, 0.3) is 0 Å². The van der Waals surface area contributed by atoms with Crippen molar-refractivity contribution in [2.24, 2.45) is 5.11 Å². The van der Waals surface area contributed by atoms with Crippen LogP contribution in [-0.4, -0.2) is 24.0 Å². The van der Waals surface area contributed by atoms with Gasteiger partial charge in [-0.1, -0.05) is 0 Å². The maximum absolute atomic E-state index is 9.87. The highest BCUT2D eigenvalue weighted by atomic mass is 16.3. The summed E-state index contributed by atoms with van der Waals surface area (Å²) in [6.45, 7) is 0.377. The Morgan fingerprint density at radius 1 is 1.55 bits per heavy atom. The van der Waals surface area contributed by atoms with Crippen molar-refractivity contribution in [2.75, 3.05) is 6.54 Å². The standard InChI is InChI=1S/C7H14N2O2/c8-9-5-4-7(11)3-1-2-6-10/h6-8,11H,1-5H2. The summed E-state index contributed by atoms with van der Waals surface area (Å²) in [4.78, 5) is 9.87. The lowest BCUT2D eigenvalue weighted by atomic mass is 10.1. The summed E-state index contributed by atoms with van der Waals surface area (Å²) < 4.78 is 0. The molecular weight excluding hydrogens is 144 g/mol. The molecule has 11 heavy (non-hydrogen) atoms. The zero-order valence-electron chi connectivity index (χ0n) is 6.49. The first kappa shape index (κ1) is 10.2. The van der Waals surface area contributed by atoms with Crippen molar-refractivity contribution < 1.29 is 9.90 Å². The largest absolute Gasteiger partial charge is 0.393 e. The Hall–Kier alpha value is -0.770. The third-order valence-electron chi connectivity index (χ3n) is 1.43. The molecule has 4 heteroatoms. The molecule has 0 heterocycles. The third kappa shape index (κ3) is 7.12. The van der Waals surface area contributed by atoms with Gasteiger partial charge in [0, 0.05) is 6.42 Å². The average molecular weight is 158 g/mol. The van der Waals surface area contributed by atoms with Crippen molar-refractivity contribution in [3.8, 4) is 0 Å². The fourth-order valence-electron chi connectivity index (χ4n) is 0.795. The lowest BCUT2D eigenvalue weighted by molar-refractivity contribution is -0.108. The van der Waals surface area contributed by atoms with Crippen molar-refractivity contribution in [2.45, 2.75) is 31.8 Å². The van der Waals surface area contributed by atoms with E-state index >= 15 is 0 Å². The summed E-state index contributed by atoms with van der Waals surface area (Å²) in [7, 11) is 0. The summed E-state index contributed by atoms with van der Waals surface area (Å²) in [5.41, 5.74) is 6.47. The normalized spacial score (nSPS) is 12.5. The van der Waals surface area contributed by atoms with Gasteiger partial charge >= 0.3 is 0 Å². The molecule has 0 amide bonds. The molecule has 0 radical (unpaired) electrons. The smallest absolute Gasteiger partial charge is 0.119 e. The molecule has 0 aliphatic carbocycles. The fraction of sp³-hybridized carbons (Fsp3) is 0.857. The number of hydrogen-bond acceptors (Lipinski definition) is 4. The molecule has 1 atom stereocenters. The fourth-order valence-corrected chi connectivity index (χ4v) is 0.795. The first-order chi connectivity index (χ1) is 5.31. The van der Waals surface area contributed by atoms with E-state index in [0.29, 0.717) is 25.8 Å². The molecule has 0 aromatic heterocycles. The van der Waals surface area contributed by atoms with Crippen LogP contribution in [0.3, 0.4) is 0 Å². The molecule has 4 nitrogen and oxygen atoms in total. The van der Waals surface area contributed by atoms with Gasteiger partial charge in [-0.2, -0.15) is 5.11 Å². The molecule has 0 aromatic carbocycles. The number of aliphatic hydroxyl groups excluding tert-OH is 1. The Kier molecular flexibility index (Phi) is 6.82. The number of hydrogen-bond donors (Lipinski definition) is 2. The second-order valence-corrected chi connectivity index (χ2v) is 2.42. The summed E-state index contributed by atoms with van der Waals surface area (Å²) in [5, 5.41) is 12.3. The van der Waals surface area contributed by atoms with Crippen LogP contribution < -0.4 is 0 Å². The van der Waals surface area contributed by atoms with Crippen LogP contribution >= 0.6 is 0 Å². The van der Waals surface area contributed by atoms with Crippen LogP contribution in [0.1, 0.15) is 25.7 Å². The number of rotatable bonds is 7. The van der Waals surface area contributed by atoms with E-state index in [1.165, 1.54) is 0 Å². The molecule has 0 saturated heterocycles. The molecule has 0 saturated carbocycles. The third-order valence-corrected chi connectivity index (χ3v) is 1.43. The van der Waals surface area contributed by atoms with Gasteiger partial charge in [-0.05, 0) is 19.3 Å². The van der Waals surface area contributed by atoms with Crippen molar-refractivity contribution >= 4 is 6.29 Å². The van der Waals surface area contributed by atoms with Crippen molar-refractivity contribution in [1.82, 2.24) is 0 Å². The second kappa shape index (κ2) is 7.34. The van der Waals surface area contributed by atoms with E-state index in [1.807, 2.05) is 0 Å². The predicted octanol–water partition coefficient (Wildman–Crippen LogP) is 1.14. The minimum atomic E-state index is -0.399. The van der Waals surface area contributed by atoms with Crippen LogP contribution in [0.2, 0.25) is 0 Å². The van der Waals surface area contributed by atoms with Gasteiger partial charge in [0.15, 0.2) is 0 Å². The molecule has 0 spiro atoms. The molecule has 0 bridgehead atoms. The Morgan fingerprint density at radius 2 is 2.27 bits per heavy atom. The van der Waals surface area contributed by atoms with E-state index in [9.17, 15) is 4.79 Å². The van der Waals surface area contributed by atoms with Crippen molar-refractivity contribution in [3.05, 3.63) is 0 Å². The molecule has 0 rings (SSSR count). The zero-order chi connectivity index (χ0) is 8.53. The molecule has 0 fully saturated rings. The zero-order valence-corrected chi connectivity index (χ0v) is 6.49. The topological polar surface area (TPSA) is 73.5 Å². The molecule has 1 unspecified atom stereocenters. The van der Waals surface area contributed by atoms with E-state index in [2.05, 4.69) is 5.11 Å². The minimum Gasteiger partial charge on any atom is -0.393 e. The maximum Gasteiger partial charge on any atom is 0.119 e. The van der Waals surface area contributed by atoms with Crippen LogP contribution in [0.5, 0.6) is 0 Å². The number of nitrogens with zero attached hydrogens (tertiary/aromatic N) is 1. The highest BCUT2D eigenvalue weighted by molar-refractivity contribution is 5.48. The van der Waals surface area contributed by atoms with Gasteiger partial charge in [0.1, 0.15) is 6.29 Å². The number of aliphatic hydroxyl groups is 1. The van der Waals surface area contributed by atoms with Gasteiger partial charge in [-0.15, -0.1) is 0 Å². The number of unbranched alkanes of at least 4 members (excludes halogenated alkanes) is 1. The van der Waals surface area contributed by atoms with Gasteiger partial charge in [-0.25, -0.2) is 5.53 Å². The van der Waals surface area contributed by atoms with E-state index in [1.54, 1.807) is 0 Å². The van der Waals surface area contributed by atoms with E-state index < -0.39 is 6.10 Å². The van der Waals surface area contributed by atoms with E-state index in [4.69, 9.17) is 10.6 Å². The number of carbonyl (C=O) groups is 1. The SMILES string of the molecule is N=NCCC(O)CCCC=O. The van der Waals surface area contributed by atoms with E-state index in [0.717, 1.165) is 12.7 Å². The van der Waals surface area contributed by atoms with Gasteiger partial charge in [0.2, 0.25) is 0 Å². The number of nitrogens with one attached hydrogen (secondary N) is 1. The van der Waals surface area contributed by atoms with Crippen LogP contribution in [-0.2, 0) is 4.79 Å². The van der Waals surface area contributed by atoms with Gasteiger partial charge in [-0.3, -0.25) is 0 Å². The molecule has 64 valence electrons. The Morgan fingerprint density at radius 3 is 2.82 bits per heavy atom. The highest BCUT2D eigenvalue weighted by Gasteiger charge is 2.01. The van der Waals surface area contributed by atoms with Gasteiger partial charge in [0.25, 0.3) is 0 Å². The molecular formula is C7H14N2O2. The number of carbonyl (C=O) groups excluding carboxylic acids is 1. The Bertz CT molecular complexity index is 117. The monoisotopic (exact) mass is 158 g/mol. The van der Waals surface area contributed by atoms with Gasteiger partial charge in [0.05, 0.1) is 12.6 Å². The van der Waals surface area contributed by atoms with Crippen LogP contribution in [0.15, 0.2) is 5.11 Å². The second-order valence-electron chi connectivity index (χ2n) is 2.42. The van der Waals surface area contributed by atoms with E-state index in [-0.39, 0.29) is 0 Å².